The summed E-state index contributed by atoms with van der Waals surface area (Å²) < 4.78 is 0. The molecule has 0 aliphatic heterocycles. The fourth-order valence-corrected chi connectivity index (χ4v) is 0.638. The normalized spacial score (nSPS) is 11.8. The zero-order valence-corrected chi connectivity index (χ0v) is 8.44. The van der Waals surface area contributed by atoms with Gasteiger partial charge in [-0.1, -0.05) is 18.9 Å². The van der Waals surface area contributed by atoms with Gasteiger partial charge >= 0.3 is 5.97 Å². The molecule has 3 N–H and O–H groups in total. The smallest absolute Gasteiger partial charge is 0.317 e. The molecule has 0 rings (SSSR count). The number of hydrogen-bond acceptors (Lipinski definition) is 3. The van der Waals surface area contributed by atoms with Crippen LogP contribution in [0.3, 0.4) is 0 Å². The Kier molecular flexibility index (Phi) is 9.54. The van der Waals surface area contributed by atoms with Crippen LogP contribution >= 0.6 is 11.9 Å². The molecule has 0 aromatic rings. The SMILES string of the molecule is CCC(SN)C(=O)O.[Na]. The maximum atomic E-state index is 10.1. The first-order chi connectivity index (χ1) is 3.72. The Morgan fingerprint density at radius 2 is 2.33 bits per heavy atom. The molecule has 0 aromatic heterocycles. The molecule has 5 heteroatoms. The predicted molar refractivity (Wildman–Crippen MR) is 39.2 cm³/mol. The molecule has 0 aliphatic rings. The van der Waals surface area contributed by atoms with Gasteiger partial charge in [0.2, 0.25) is 0 Å². The molecule has 1 radical (unpaired) electrons. The third-order valence-electron chi connectivity index (χ3n) is 0.810. The van der Waals surface area contributed by atoms with E-state index in [9.17, 15) is 4.79 Å². The first kappa shape index (κ1) is 12.5. The summed E-state index contributed by atoms with van der Waals surface area (Å²) in [5, 5.41) is 12.9. The van der Waals surface area contributed by atoms with E-state index >= 15 is 0 Å². The third kappa shape index (κ3) is 5.24. The van der Waals surface area contributed by atoms with E-state index in [2.05, 4.69) is 0 Å². The second kappa shape index (κ2) is 6.89. The first-order valence-corrected chi connectivity index (χ1v) is 3.25. The van der Waals surface area contributed by atoms with Crippen LogP contribution in [0.4, 0.5) is 0 Å². The number of carbonyl (C=O) groups is 1. The average molecular weight is 158 g/mol. The molecule has 1 unspecified atom stereocenters. The summed E-state index contributed by atoms with van der Waals surface area (Å²) in [5.74, 6) is -0.833. The van der Waals surface area contributed by atoms with E-state index in [1.807, 2.05) is 0 Å². The maximum Gasteiger partial charge on any atom is 0.317 e. The van der Waals surface area contributed by atoms with Crippen molar-refractivity contribution < 1.29 is 9.90 Å². The fraction of sp³-hybridized carbons (Fsp3) is 0.750. The van der Waals surface area contributed by atoms with E-state index in [4.69, 9.17) is 10.2 Å². The monoisotopic (exact) mass is 158 g/mol. The quantitative estimate of drug-likeness (QED) is 0.451. The van der Waals surface area contributed by atoms with E-state index in [0.717, 1.165) is 11.9 Å². The van der Waals surface area contributed by atoms with E-state index in [1.54, 1.807) is 6.92 Å². The van der Waals surface area contributed by atoms with Crippen molar-refractivity contribution in [2.75, 3.05) is 0 Å². The van der Waals surface area contributed by atoms with E-state index < -0.39 is 11.2 Å². The summed E-state index contributed by atoms with van der Waals surface area (Å²) in [6.07, 6.45) is 0.580. The Labute approximate surface area is 80.8 Å². The van der Waals surface area contributed by atoms with Gasteiger partial charge in [0.05, 0.1) is 0 Å². The van der Waals surface area contributed by atoms with Crippen LogP contribution in [-0.2, 0) is 4.79 Å². The van der Waals surface area contributed by atoms with Crippen LogP contribution in [0.15, 0.2) is 0 Å². The topological polar surface area (TPSA) is 63.3 Å². The minimum atomic E-state index is -0.833. The Balaban J connectivity index is 0. The third-order valence-corrected chi connectivity index (χ3v) is 1.67. The molecule has 49 valence electrons. The van der Waals surface area contributed by atoms with Gasteiger partial charge in [-0.2, -0.15) is 0 Å². The zero-order valence-electron chi connectivity index (χ0n) is 5.63. The standard InChI is InChI=1S/C4H9NO2S.Na/c1-2-3(8-5)4(6)7;/h3H,2,5H2,1H3,(H,6,7);. The van der Waals surface area contributed by atoms with Gasteiger partial charge in [0.1, 0.15) is 5.25 Å². The van der Waals surface area contributed by atoms with Gasteiger partial charge in [-0.25, -0.2) is 0 Å². The molecule has 0 heterocycles. The zero-order chi connectivity index (χ0) is 6.57. The maximum absolute atomic E-state index is 10.1. The summed E-state index contributed by atoms with van der Waals surface area (Å²) in [5.41, 5.74) is 0. The van der Waals surface area contributed by atoms with Crippen LogP contribution in [0.2, 0.25) is 0 Å². The van der Waals surface area contributed by atoms with Crippen LogP contribution in [0.25, 0.3) is 0 Å². The van der Waals surface area contributed by atoms with Crippen LogP contribution in [0, 0.1) is 0 Å². The van der Waals surface area contributed by atoms with Gasteiger partial charge < -0.3 is 5.11 Å². The summed E-state index contributed by atoms with van der Waals surface area (Å²) in [6.45, 7) is 1.79. The van der Waals surface area contributed by atoms with Crippen molar-refractivity contribution in [1.82, 2.24) is 0 Å². The number of carboxylic acid groups (broad SMARTS) is 1. The molecule has 1 atom stereocenters. The number of rotatable bonds is 3. The predicted octanol–water partition coefficient (Wildman–Crippen LogP) is 0.0757. The van der Waals surface area contributed by atoms with Gasteiger partial charge in [0.25, 0.3) is 0 Å². The molecule has 0 fully saturated rings. The van der Waals surface area contributed by atoms with Crippen molar-refractivity contribution in [2.45, 2.75) is 18.6 Å². The number of carboxylic acids is 1. The van der Waals surface area contributed by atoms with E-state index in [-0.39, 0.29) is 29.6 Å². The molecule has 3 nitrogen and oxygen atoms in total. The van der Waals surface area contributed by atoms with Crippen molar-refractivity contribution in [2.24, 2.45) is 5.14 Å². The molecule has 0 aromatic carbocycles. The number of aliphatic carboxylic acids is 1. The second-order valence-corrected chi connectivity index (χ2v) is 2.21. The average Bonchev–Trinajstić information content (AvgIpc) is 1.69. The molecule has 0 amide bonds. The molecular weight excluding hydrogens is 149 g/mol. The molecule has 0 bridgehead atoms. The van der Waals surface area contributed by atoms with Crippen molar-refractivity contribution in [3.8, 4) is 0 Å². The summed E-state index contributed by atoms with van der Waals surface area (Å²) in [6, 6.07) is 0. The van der Waals surface area contributed by atoms with Crippen molar-refractivity contribution in [3.63, 3.8) is 0 Å². The van der Waals surface area contributed by atoms with Crippen LogP contribution in [0.1, 0.15) is 13.3 Å². The Morgan fingerprint density at radius 1 is 1.89 bits per heavy atom. The Bertz CT molecular complexity index is 86.6. The number of hydrogen-bond donors (Lipinski definition) is 2. The van der Waals surface area contributed by atoms with Crippen molar-refractivity contribution in [1.29, 1.82) is 0 Å². The largest absolute Gasteiger partial charge is 0.480 e. The van der Waals surface area contributed by atoms with Crippen molar-refractivity contribution in [3.05, 3.63) is 0 Å². The summed E-state index contributed by atoms with van der Waals surface area (Å²) in [7, 11) is 0. The molecule has 0 aliphatic carbocycles. The summed E-state index contributed by atoms with van der Waals surface area (Å²) in [4.78, 5) is 10.1. The van der Waals surface area contributed by atoms with Crippen LogP contribution < -0.4 is 5.14 Å². The second-order valence-electron chi connectivity index (χ2n) is 1.37. The minimum absolute atomic E-state index is 0. The van der Waals surface area contributed by atoms with Crippen LogP contribution in [0.5, 0.6) is 0 Å². The molecule has 0 saturated carbocycles. The van der Waals surface area contributed by atoms with Gasteiger partial charge in [-0.3, -0.25) is 9.93 Å². The van der Waals surface area contributed by atoms with E-state index in [1.165, 1.54) is 0 Å². The molecule has 0 saturated heterocycles. The minimum Gasteiger partial charge on any atom is -0.480 e. The molecular formula is C4H9NNaO2S. The number of nitrogens with two attached hydrogens (primary N) is 1. The first-order valence-electron chi connectivity index (χ1n) is 2.30. The summed E-state index contributed by atoms with van der Waals surface area (Å²) >= 11 is 0.878. The van der Waals surface area contributed by atoms with Gasteiger partial charge in [-0.15, -0.1) is 0 Å². The van der Waals surface area contributed by atoms with Crippen LogP contribution in [-0.4, -0.2) is 45.9 Å². The van der Waals surface area contributed by atoms with Gasteiger partial charge in [0.15, 0.2) is 0 Å². The van der Waals surface area contributed by atoms with Gasteiger partial charge in [-0.05, 0) is 6.42 Å². The Morgan fingerprint density at radius 3 is 2.33 bits per heavy atom. The Hall–Kier alpha value is 0.780. The van der Waals surface area contributed by atoms with Gasteiger partial charge in [0, 0.05) is 29.6 Å². The molecule has 9 heavy (non-hydrogen) atoms. The fourth-order valence-electron chi connectivity index (χ4n) is 0.329. The molecule has 0 spiro atoms. The van der Waals surface area contributed by atoms with E-state index in [0.29, 0.717) is 6.42 Å². The van der Waals surface area contributed by atoms with Crippen molar-refractivity contribution >= 4 is 47.5 Å².